The number of aryl methyl sites for hydroxylation is 2. The number of anilines is 1. The predicted molar refractivity (Wildman–Crippen MR) is 104 cm³/mol. The molecule has 0 N–H and O–H groups in total. The van der Waals surface area contributed by atoms with Gasteiger partial charge in [-0.2, -0.15) is 0 Å². The molecule has 2 heterocycles. The van der Waals surface area contributed by atoms with E-state index in [2.05, 4.69) is 82.8 Å². The molecule has 2 aromatic rings. The predicted octanol–water partition coefficient (Wildman–Crippen LogP) is 5.51. The van der Waals surface area contributed by atoms with E-state index in [4.69, 9.17) is 0 Å². The second-order valence-corrected chi connectivity index (χ2v) is 7.61. The lowest BCUT2D eigenvalue weighted by Gasteiger charge is -2.43. The van der Waals surface area contributed by atoms with Gasteiger partial charge < -0.3 is 4.90 Å². The van der Waals surface area contributed by atoms with E-state index in [0.29, 0.717) is 5.92 Å². The van der Waals surface area contributed by atoms with Crippen LogP contribution in [0.15, 0.2) is 30.6 Å². The van der Waals surface area contributed by atoms with E-state index in [9.17, 15) is 0 Å². The number of likely N-dealkylation sites (N-methyl/N-ethyl adjacent to an activating group) is 1. The summed E-state index contributed by atoms with van der Waals surface area (Å²) in [7, 11) is 2.19. The van der Waals surface area contributed by atoms with Gasteiger partial charge >= 0.3 is 0 Å². The van der Waals surface area contributed by atoms with Gasteiger partial charge in [0.05, 0.1) is 17.4 Å². The van der Waals surface area contributed by atoms with Crippen molar-refractivity contribution in [1.29, 1.82) is 0 Å². The van der Waals surface area contributed by atoms with E-state index in [1.54, 1.807) is 0 Å². The van der Waals surface area contributed by atoms with Crippen LogP contribution in [0, 0.1) is 20.8 Å². The van der Waals surface area contributed by atoms with Crippen LogP contribution in [-0.4, -0.2) is 12.0 Å². The average Bonchev–Trinajstić information content (AvgIpc) is 2.54. The molecule has 0 saturated carbocycles. The van der Waals surface area contributed by atoms with Crippen molar-refractivity contribution in [2.24, 2.45) is 0 Å². The Bertz CT molecular complexity index is 817. The molecular formula is C22H28N2. The van der Waals surface area contributed by atoms with Crippen molar-refractivity contribution in [3.63, 3.8) is 0 Å². The van der Waals surface area contributed by atoms with Crippen LogP contribution in [0.4, 0.5) is 5.69 Å². The number of rotatable bonds is 2. The van der Waals surface area contributed by atoms with Gasteiger partial charge in [0, 0.05) is 18.8 Å². The van der Waals surface area contributed by atoms with Crippen LogP contribution in [0.3, 0.4) is 0 Å². The number of nitrogens with zero attached hydrogens (tertiary/aromatic N) is 2. The summed E-state index contributed by atoms with van der Waals surface area (Å²) in [5.74, 6) is 0.470. The summed E-state index contributed by atoms with van der Waals surface area (Å²) in [6.45, 7) is 13.4. The number of benzene rings is 1. The van der Waals surface area contributed by atoms with Crippen molar-refractivity contribution in [3.8, 4) is 0 Å². The minimum absolute atomic E-state index is 0.162. The molecule has 24 heavy (non-hydrogen) atoms. The van der Waals surface area contributed by atoms with Gasteiger partial charge in [0.1, 0.15) is 0 Å². The molecule has 0 spiro atoms. The molecule has 0 amide bonds. The van der Waals surface area contributed by atoms with Gasteiger partial charge in [-0.05, 0) is 55.9 Å². The maximum Gasteiger partial charge on any atom is 0.0812 e. The van der Waals surface area contributed by atoms with Crippen LogP contribution in [0.5, 0.6) is 0 Å². The fourth-order valence-electron chi connectivity index (χ4n) is 3.83. The highest BCUT2D eigenvalue weighted by molar-refractivity contribution is 5.76. The van der Waals surface area contributed by atoms with Gasteiger partial charge in [0.2, 0.25) is 0 Å². The Balaban J connectivity index is 2.19. The third-order valence-electron chi connectivity index (χ3n) is 5.61. The second kappa shape index (κ2) is 5.77. The summed E-state index contributed by atoms with van der Waals surface area (Å²) in [6.07, 6.45) is 8.65. The van der Waals surface area contributed by atoms with Gasteiger partial charge in [0.15, 0.2) is 0 Å². The van der Waals surface area contributed by atoms with Crippen LogP contribution in [-0.2, 0) is 5.54 Å². The number of aromatic nitrogens is 1. The first-order chi connectivity index (χ1) is 11.3. The lowest BCUT2D eigenvalue weighted by molar-refractivity contribution is 0.571. The minimum atomic E-state index is -0.162. The fraction of sp³-hybridized carbons (Fsp3) is 0.409. The molecule has 0 fully saturated rings. The van der Waals surface area contributed by atoms with E-state index in [-0.39, 0.29) is 5.54 Å². The average molecular weight is 320 g/mol. The molecule has 3 rings (SSSR count). The Hall–Kier alpha value is -2.09. The SMILES string of the molecule is Cc1cc(C)c(C)c(C2(C)C=Cc3c(C(C)C)cncc3N2C)c1. The van der Waals surface area contributed by atoms with Crippen molar-refractivity contribution < 1.29 is 0 Å². The third-order valence-corrected chi connectivity index (χ3v) is 5.61. The number of hydrogen-bond acceptors (Lipinski definition) is 2. The van der Waals surface area contributed by atoms with Gasteiger partial charge in [-0.1, -0.05) is 43.7 Å². The van der Waals surface area contributed by atoms with E-state index in [0.717, 1.165) is 0 Å². The van der Waals surface area contributed by atoms with Gasteiger partial charge in [0.25, 0.3) is 0 Å². The van der Waals surface area contributed by atoms with E-state index < -0.39 is 0 Å². The summed E-state index contributed by atoms with van der Waals surface area (Å²) in [6, 6.07) is 4.59. The molecule has 0 radical (unpaired) electrons. The Kier molecular flexibility index (Phi) is 4.03. The van der Waals surface area contributed by atoms with Crippen molar-refractivity contribution in [1.82, 2.24) is 4.98 Å². The number of hydrogen-bond donors (Lipinski definition) is 0. The quantitative estimate of drug-likeness (QED) is 0.725. The van der Waals surface area contributed by atoms with Gasteiger partial charge in [-0.15, -0.1) is 0 Å². The summed E-state index contributed by atoms with van der Waals surface area (Å²) in [5.41, 5.74) is 9.09. The lowest BCUT2D eigenvalue weighted by atomic mass is 9.80. The zero-order valence-electron chi connectivity index (χ0n) is 15.9. The molecule has 1 aromatic heterocycles. The summed E-state index contributed by atoms with van der Waals surface area (Å²) in [4.78, 5) is 6.89. The second-order valence-electron chi connectivity index (χ2n) is 7.61. The largest absolute Gasteiger partial charge is 0.360 e. The number of pyridine rings is 1. The van der Waals surface area contributed by atoms with Crippen LogP contribution in [0.2, 0.25) is 0 Å². The molecule has 1 atom stereocenters. The molecule has 1 unspecified atom stereocenters. The lowest BCUT2D eigenvalue weighted by Crippen LogP contribution is -2.42. The molecule has 0 aliphatic carbocycles. The van der Waals surface area contributed by atoms with E-state index >= 15 is 0 Å². The monoisotopic (exact) mass is 320 g/mol. The third kappa shape index (κ3) is 2.45. The molecule has 2 heteroatoms. The smallest absolute Gasteiger partial charge is 0.0812 e. The van der Waals surface area contributed by atoms with Crippen molar-refractivity contribution in [3.05, 3.63) is 64.0 Å². The molecule has 126 valence electrons. The van der Waals surface area contributed by atoms with E-state index in [1.165, 1.54) is 39.1 Å². The molecule has 1 aliphatic heterocycles. The van der Waals surface area contributed by atoms with Crippen molar-refractivity contribution >= 4 is 11.8 Å². The zero-order chi connectivity index (χ0) is 17.6. The molecule has 1 aliphatic rings. The van der Waals surface area contributed by atoms with Gasteiger partial charge in [-0.25, -0.2) is 0 Å². The Morgan fingerprint density at radius 2 is 1.79 bits per heavy atom. The highest BCUT2D eigenvalue weighted by Crippen LogP contribution is 2.43. The van der Waals surface area contributed by atoms with Crippen LogP contribution >= 0.6 is 0 Å². The first-order valence-electron chi connectivity index (χ1n) is 8.75. The van der Waals surface area contributed by atoms with Crippen LogP contribution in [0.1, 0.15) is 60.1 Å². The highest BCUT2D eigenvalue weighted by atomic mass is 15.2. The van der Waals surface area contributed by atoms with Crippen molar-refractivity contribution in [2.75, 3.05) is 11.9 Å². The van der Waals surface area contributed by atoms with Crippen molar-refractivity contribution in [2.45, 2.75) is 53.0 Å². The maximum atomic E-state index is 4.51. The Labute approximate surface area is 146 Å². The van der Waals surface area contributed by atoms with Crippen LogP contribution < -0.4 is 4.90 Å². The standard InChI is InChI=1S/C22H28N2/c1-14(2)19-12-23-13-21-18(19)8-9-22(6,24(21)7)20-11-15(3)10-16(4)17(20)5/h8-14H,1-7H3. The highest BCUT2D eigenvalue weighted by Gasteiger charge is 2.35. The zero-order valence-corrected chi connectivity index (χ0v) is 15.9. The molecule has 0 bridgehead atoms. The summed E-state index contributed by atoms with van der Waals surface area (Å²) < 4.78 is 0. The number of fused-ring (bicyclic) bond motifs is 1. The maximum absolute atomic E-state index is 4.51. The van der Waals surface area contributed by atoms with Gasteiger partial charge in [-0.3, -0.25) is 4.98 Å². The summed E-state index contributed by atoms with van der Waals surface area (Å²) in [5, 5.41) is 0. The fourth-order valence-corrected chi connectivity index (χ4v) is 3.83. The molecule has 0 saturated heterocycles. The minimum Gasteiger partial charge on any atom is -0.360 e. The normalized spacial score (nSPS) is 19.8. The van der Waals surface area contributed by atoms with Crippen LogP contribution in [0.25, 0.3) is 6.08 Å². The topological polar surface area (TPSA) is 16.1 Å². The summed E-state index contributed by atoms with van der Waals surface area (Å²) >= 11 is 0. The first-order valence-corrected chi connectivity index (χ1v) is 8.75. The first kappa shape index (κ1) is 16.8. The Morgan fingerprint density at radius 1 is 1.08 bits per heavy atom. The Morgan fingerprint density at radius 3 is 2.46 bits per heavy atom. The molecule has 1 aromatic carbocycles. The van der Waals surface area contributed by atoms with E-state index in [1.807, 2.05) is 12.4 Å². The molecular weight excluding hydrogens is 292 g/mol. The molecule has 2 nitrogen and oxygen atoms in total.